The molecule has 0 aromatic rings. The van der Waals surface area contributed by atoms with Gasteiger partial charge in [0.05, 0.1) is 12.3 Å². The quantitative estimate of drug-likeness (QED) is 0.242. The van der Waals surface area contributed by atoms with E-state index in [1.807, 2.05) is 25.6 Å². The molecule has 0 aliphatic carbocycles. The fourth-order valence-corrected chi connectivity index (χ4v) is 0.617. The van der Waals surface area contributed by atoms with Crippen LogP contribution in [0.15, 0.2) is 17.5 Å². The van der Waals surface area contributed by atoms with E-state index in [0.717, 1.165) is 5.71 Å². The van der Waals surface area contributed by atoms with Gasteiger partial charge in [-0.1, -0.05) is 11.9 Å². The van der Waals surface area contributed by atoms with Gasteiger partial charge in [-0.15, -0.1) is 0 Å². The van der Waals surface area contributed by atoms with Gasteiger partial charge in [0.1, 0.15) is 0 Å². The van der Waals surface area contributed by atoms with Crippen molar-refractivity contribution in [3.8, 4) is 0 Å². The largest absolute Gasteiger partial charge is 0.384 e. The third-order valence-corrected chi connectivity index (χ3v) is 1.34. The Kier molecular flexibility index (Phi) is 6.71. The van der Waals surface area contributed by atoms with Crippen molar-refractivity contribution in [1.82, 2.24) is 10.0 Å². The van der Waals surface area contributed by atoms with Crippen LogP contribution in [0, 0.1) is 0 Å². The first-order valence-corrected chi connectivity index (χ1v) is 4.44. The summed E-state index contributed by atoms with van der Waals surface area (Å²) in [5, 5.41) is 6.50. The first kappa shape index (κ1) is 10.2. The fraction of sp³-hybridized carbons (Fsp3) is 0.500. The Morgan fingerprint density at radius 1 is 1.64 bits per heavy atom. The summed E-state index contributed by atoms with van der Waals surface area (Å²) in [5.74, 6) is 5.02. The number of hydrogen-bond acceptors (Lipinski definition) is 5. The fourth-order valence-electron chi connectivity index (χ4n) is 0.413. The van der Waals surface area contributed by atoms with E-state index in [-0.39, 0.29) is 0 Å². The summed E-state index contributed by atoms with van der Waals surface area (Å²) in [7, 11) is 0. The van der Waals surface area contributed by atoms with Crippen molar-refractivity contribution >= 4 is 17.7 Å². The van der Waals surface area contributed by atoms with E-state index in [0.29, 0.717) is 6.54 Å². The van der Waals surface area contributed by atoms with Crippen LogP contribution in [0.3, 0.4) is 0 Å². The van der Waals surface area contributed by atoms with Gasteiger partial charge in [0.25, 0.3) is 0 Å². The molecule has 0 rings (SSSR count). The zero-order chi connectivity index (χ0) is 8.53. The summed E-state index contributed by atoms with van der Waals surface area (Å²) in [5.41, 5.74) is 0.874. The van der Waals surface area contributed by atoms with Crippen molar-refractivity contribution < 1.29 is 0 Å². The highest BCUT2D eigenvalue weighted by Crippen LogP contribution is 1.79. The molecule has 0 aromatic heterocycles. The predicted molar refractivity (Wildman–Crippen MR) is 51.1 cm³/mol. The zero-order valence-corrected chi connectivity index (χ0v) is 7.61. The van der Waals surface area contributed by atoms with Gasteiger partial charge in [0, 0.05) is 18.7 Å². The van der Waals surface area contributed by atoms with Crippen molar-refractivity contribution in [3.05, 3.63) is 12.4 Å². The SMILES string of the molecule is CSN/C=C\NC/C(C)=N/N. The van der Waals surface area contributed by atoms with Crippen LogP contribution in [-0.4, -0.2) is 18.5 Å². The smallest absolute Gasteiger partial charge is 0.0543 e. The average molecular weight is 174 g/mol. The molecule has 0 aliphatic rings. The summed E-state index contributed by atoms with van der Waals surface area (Å²) >= 11 is 1.53. The topological polar surface area (TPSA) is 62.4 Å². The maximum absolute atomic E-state index is 5.02. The second-order valence-electron chi connectivity index (χ2n) is 1.90. The number of hydrogen-bond donors (Lipinski definition) is 3. The highest BCUT2D eigenvalue weighted by atomic mass is 32.2. The Balaban J connectivity index is 3.26. The molecule has 0 saturated heterocycles. The first-order valence-electron chi connectivity index (χ1n) is 3.21. The van der Waals surface area contributed by atoms with Crippen molar-refractivity contribution in [2.45, 2.75) is 6.92 Å². The van der Waals surface area contributed by atoms with Crippen LogP contribution in [0.1, 0.15) is 6.92 Å². The molecule has 4 N–H and O–H groups in total. The van der Waals surface area contributed by atoms with Crippen LogP contribution in [-0.2, 0) is 0 Å². The molecular formula is C6H14N4S. The summed E-state index contributed by atoms with van der Waals surface area (Å²) in [6.45, 7) is 2.55. The number of nitrogens with two attached hydrogens (primary N) is 1. The van der Waals surface area contributed by atoms with Gasteiger partial charge in [0.2, 0.25) is 0 Å². The van der Waals surface area contributed by atoms with E-state index in [2.05, 4.69) is 15.1 Å². The first-order chi connectivity index (χ1) is 5.31. The van der Waals surface area contributed by atoms with Gasteiger partial charge in [-0.05, 0) is 6.92 Å². The molecule has 11 heavy (non-hydrogen) atoms. The third kappa shape index (κ3) is 7.05. The molecule has 0 unspecified atom stereocenters. The maximum Gasteiger partial charge on any atom is 0.0543 e. The maximum atomic E-state index is 5.02. The molecule has 5 heteroatoms. The molecule has 0 amide bonds. The minimum atomic E-state index is 0.684. The monoisotopic (exact) mass is 174 g/mol. The highest BCUT2D eigenvalue weighted by molar-refractivity contribution is 7.96. The van der Waals surface area contributed by atoms with Crippen LogP contribution in [0.4, 0.5) is 0 Å². The predicted octanol–water partition coefficient (Wildman–Crippen LogP) is 0.249. The molecule has 0 saturated carbocycles. The van der Waals surface area contributed by atoms with Crippen LogP contribution in [0.5, 0.6) is 0 Å². The van der Waals surface area contributed by atoms with Crippen molar-refractivity contribution in [3.63, 3.8) is 0 Å². The number of hydrazone groups is 1. The molecule has 0 aromatic carbocycles. The van der Waals surface area contributed by atoms with Crippen LogP contribution in [0.2, 0.25) is 0 Å². The minimum absolute atomic E-state index is 0.684. The van der Waals surface area contributed by atoms with Gasteiger partial charge in [-0.3, -0.25) is 0 Å². The Morgan fingerprint density at radius 2 is 2.36 bits per heavy atom. The highest BCUT2D eigenvalue weighted by Gasteiger charge is 1.83. The molecule has 0 aliphatic heterocycles. The lowest BCUT2D eigenvalue weighted by atomic mass is 10.4. The Morgan fingerprint density at radius 3 is 2.91 bits per heavy atom. The molecule has 64 valence electrons. The van der Waals surface area contributed by atoms with E-state index < -0.39 is 0 Å². The molecular weight excluding hydrogens is 160 g/mol. The molecule has 0 heterocycles. The van der Waals surface area contributed by atoms with E-state index in [1.165, 1.54) is 11.9 Å². The van der Waals surface area contributed by atoms with Gasteiger partial charge in [-0.25, -0.2) is 0 Å². The van der Waals surface area contributed by atoms with E-state index in [1.54, 1.807) is 0 Å². The Labute approximate surface area is 71.4 Å². The molecule has 0 atom stereocenters. The third-order valence-electron chi connectivity index (χ3n) is 0.965. The minimum Gasteiger partial charge on any atom is -0.384 e. The Hall–Kier alpha value is -0.840. The van der Waals surface area contributed by atoms with Crippen LogP contribution in [0.25, 0.3) is 0 Å². The molecule has 0 spiro atoms. The second kappa shape index (κ2) is 7.27. The van der Waals surface area contributed by atoms with Gasteiger partial charge >= 0.3 is 0 Å². The number of nitrogens with zero attached hydrogens (tertiary/aromatic N) is 1. The van der Waals surface area contributed by atoms with Gasteiger partial charge in [0.15, 0.2) is 0 Å². The van der Waals surface area contributed by atoms with E-state index >= 15 is 0 Å². The zero-order valence-electron chi connectivity index (χ0n) is 6.79. The number of nitrogens with one attached hydrogen (secondary N) is 2. The summed E-state index contributed by atoms with van der Waals surface area (Å²) in [6.07, 6.45) is 5.58. The summed E-state index contributed by atoms with van der Waals surface area (Å²) in [6, 6.07) is 0. The van der Waals surface area contributed by atoms with E-state index in [4.69, 9.17) is 5.84 Å². The standard InChI is InChI=1S/C6H14N4S/c1-6(10-7)5-8-3-4-9-11-2/h3-4,8-9H,5,7H2,1-2H3/b4-3-,10-6+. The summed E-state index contributed by atoms with van der Waals surface area (Å²) in [4.78, 5) is 0. The molecule has 4 nitrogen and oxygen atoms in total. The Bertz CT molecular complexity index is 144. The van der Waals surface area contributed by atoms with Crippen molar-refractivity contribution in [2.75, 3.05) is 12.8 Å². The second-order valence-corrected chi connectivity index (χ2v) is 2.54. The number of rotatable bonds is 5. The van der Waals surface area contributed by atoms with Crippen LogP contribution < -0.4 is 15.9 Å². The molecule has 0 radical (unpaired) electrons. The van der Waals surface area contributed by atoms with Gasteiger partial charge < -0.3 is 15.9 Å². The van der Waals surface area contributed by atoms with Crippen molar-refractivity contribution in [2.24, 2.45) is 10.9 Å². The lowest BCUT2D eigenvalue weighted by Crippen LogP contribution is -2.16. The van der Waals surface area contributed by atoms with Crippen LogP contribution >= 0.6 is 11.9 Å². The van der Waals surface area contributed by atoms with Gasteiger partial charge in [-0.2, -0.15) is 5.10 Å². The lowest BCUT2D eigenvalue weighted by Gasteiger charge is -1.97. The molecule has 0 bridgehead atoms. The average Bonchev–Trinajstić information content (AvgIpc) is 2.04. The lowest BCUT2D eigenvalue weighted by molar-refractivity contribution is 0.992. The van der Waals surface area contributed by atoms with Crippen molar-refractivity contribution in [1.29, 1.82) is 0 Å². The molecule has 0 fully saturated rings. The summed E-state index contributed by atoms with van der Waals surface area (Å²) < 4.78 is 2.94. The van der Waals surface area contributed by atoms with E-state index in [9.17, 15) is 0 Å². The normalized spacial score (nSPS) is 12.0.